The van der Waals surface area contributed by atoms with Crippen molar-refractivity contribution < 1.29 is 96.7 Å². The van der Waals surface area contributed by atoms with Crippen LogP contribution in [0.3, 0.4) is 0 Å². The maximum Gasteiger partial charge on any atom is 0.460 e. The molecule has 0 rings (SSSR count). The summed E-state index contributed by atoms with van der Waals surface area (Å²) in [5, 5.41) is -7.88. The SMILES string of the molecule is CCOP(=O)(NS(=O)(=O)C(F)(F)C(F)(F)C(F)(F)C(F)(F)C(F)(F)C(F)(F)C(F)(F)C(F)(F)F)OCC. The summed E-state index contributed by atoms with van der Waals surface area (Å²) in [5.41, 5.74) is 0. The third-order valence-corrected chi connectivity index (χ3v) is 7.84. The predicted molar refractivity (Wildman–Crippen MR) is 83.6 cm³/mol. The Bertz CT molecular complexity index is 970. The van der Waals surface area contributed by atoms with Crippen LogP contribution in [0.25, 0.3) is 0 Å². The lowest BCUT2D eigenvalue weighted by Gasteiger charge is -2.42. The Kier molecular flexibility index (Phi) is 9.51. The van der Waals surface area contributed by atoms with Gasteiger partial charge in [0.2, 0.25) is 0 Å². The van der Waals surface area contributed by atoms with E-state index in [1.807, 2.05) is 0 Å². The van der Waals surface area contributed by atoms with Crippen LogP contribution in [0, 0.1) is 0 Å². The van der Waals surface area contributed by atoms with Crippen LogP contribution in [0.4, 0.5) is 74.6 Å². The van der Waals surface area contributed by atoms with Gasteiger partial charge in [0.05, 0.1) is 13.2 Å². The second kappa shape index (κ2) is 9.81. The van der Waals surface area contributed by atoms with Gasteiger partial charge in [0.1, 0.15) is 0 Å². The molecule has 0 fully saturated rings. The van der Waals surface area contributed by atoms with Crippen molar-refractivity contribution in [2.75, 3.05) is 13.2 Å². The maximum absolute atomic E-state index is 13.9. The van der Waals surface area contributed by atoms with Gasteiger partial charge in [-0.1, -0.05) is 0 Å². The van der Waals surface area contributed by atoms with Gasteiger partial charge in [-0.2, -0.15) is 74.6 Å². The molecule has 0 aliphatic heterocycles. The summed E-state index contributed by atoms with van der Waals surface area (Å²) in [6, 6.07) is 0. The normalized spacial score (nSPS) is 16.3. The number of hydrogen-bond donors (Lipinski definition) is 1. The summed E-state index contributed by atoms with van der Waals surface area (Å²) in [7, 11) is -13.6. The smallest absolute Gasteiger partial charge is 0.296 e. The molecule has 0 aromatic heterocycles. The average molecular weight is 635 g/mol. The van der Waals surface area contributed by atoms with Crippen molar-refractivity contribution in [1.82, 2.24) is 4.49 Å². The van der Waals surface area contributed by atoms with Gasteiger partial charge >= 0.3 is 54.7 Å². The summed E-state index contributed by atoms with van der Waals surface area (Å²) in [6.07, 6.45) is -7.93. The summed E-state index contributed by atoms with van der Waals surface area (Å²) >= 11 is 0. The topological polar surface area (TPSA) is 81.7 Å². The van der Waals surface area contributed by atoms with Gasteiger partial charge in [-0.25, -0.2) is 13.0 Å². The Morgan fingerprint density at radius 2 is 0.838 bits per heavy atom. The van der Waals surface area contributed by atoms with Crippen molar-refractivity contribution in [3.8, 4) is 0 Å². The molecular formula is C12H11F17NO5PS. The second-order valence-electron chi connectivity index (χ2n) is 6.39. The minimum atomic E-state index is -8.97. The highest BCUT2D eigenvalue weighted by Gasteiger charge is 2.96. The van der Waals surface area contributed by atoms with E-state index in [2.05, 4.69) is 9.05 Å². The first-order valence-electron chi connectivity index (χ1n) is 8.47. The number of sulfonamides is 1. The molecular weight excluding hydrogens is 624 g/mol. The van der Waals surface area contributed by atoms with E-state index in [1.54, 1.807) is 0 Å². The second-order valence-corrected chi connectivity index (χ2v) is 10.1. The molecule has 0 saturated carbocycles. The van der Waals surface area contributed by atoms with Crippen LogP contribution < -0.4 is 4.49 Å². The summed E-state index contributed by atoms with van der Waals surface area (Å²) in [4.78, 5) is 0. The molecule has 0 aromatic rings. The monoisotopic (exact) mass is 635 g/mol. The molecule has 6 nitrogen and oxygen atoms in total. The van der Waals surface area contributed by atoms with Crippen molar-refractivity contribution in [2.24, 2.45) is 0 Å². The lowest BCUT2D eigenvalue weighted by Crippen LogP contribution is -2.75. The zero-order valence-electron chi connectivity index (χ0n) is 17.2. The predicted octanol–water partition coefficient (Wildman–Crippen LogP) is 6.05. The van der Waals surface area contributed by atoms with Gasteiger partial charge in [-0.3, -0.25) is 9.05 Å². The third kappa shape index (κ3) is 5.23. The molecule has 0 amide bonds. The molecule has 0 aliphatic rings. The van der Waals surface area contributed by atoms with E-state index in [0.717, 1.165) is 13.8 Å². The van der Waals surface area contributed by atoms with Crippen LogP contribution >= 0.6 is 7.75 Å². The Balaban J connectivity index is 6.98. The van der Waals surface area contributed by atoms with Gasteiger partial charge in [-0.05, 0) is 13.8 Å². The van der Waals surface area contributed by atoms with E-state index in [1.165, 1.54) is 0 Å². The number of halogens is 17. The van der Waals surface area contributed by atoms with Crippen molar-refractivity contribution >= 4 is 17.8 Å². The molecule has 0 saturated heterocycles. The Morgan fingerprint density at radius 3 is 1.11 bits per heavy atom. The van der Waals surface area contributed by atoms with Crippen LogP contribution in [0.15, 0.2) is 0 Å². The molecule has 0 atom stereocenters. The third-order valence-electron chi connectivity index (χ3n) is 3.86. The largest absolute Gasteiger partial charge is 0.460 e. The van der Waals surface area contributed by atoms with Gasteiger partial charge < -0.3 is 0 Å². The van der Waals surface area contributed by atoms with Gasteiger partial charge in [0, 0.05) is 0 Å². The zero-order chi connectivity index (χ0) is 30.5. The van der Waals surface area contributed by atoms with Gasteiger partial charge in [0.25, 0.3) is 10.0 Å². The molecule has 0 unspecified atom stereocenters. The van der Waals surface area contributed by atoms with E-state index < -0.39 is 77.9 Å². The van der Waals surface area contributed by atoms with E-state index in [-0.39, 0.29) is 4.49 Å². The molecule has 0 spiro atoms. The van der Waals surface area contributed by atoms with E-state index >= 15 is 0 Å². The fraction of sp³-hybridized carbons (Fsp3) is 1.00. The van der Waals surface area contributed by atoms with E-state index in [9.17, 15) is 87.6 Å². The van der Waals surface area contributed by atoms with Crippen molar-refractivity contribution in [3.63, 3.8) is 0 Å². The number of rotatable bonds is 13. The quantitative estimate of drug-likeness (QED) is 0.197. The van der Waals surface area contributed by atoms with Gasteiger partial charge in [0.15, 0.2) is 0 Å². The molecule has 0 aromatic carbocycles. The summed E-state index contributed by atoms with van der Waals surface area (Å²) in [6.45, 7) is -0.351. The molecule has 0 heterocycles. The summed E-state index contributed by atoms with van der Waals surface area (Å²) < 4.78 is 267. The number of hydrogen-bond acceptors (Lipinski definition) is 5. The highest BCUT2D eigenvalue weighted by atomic mass is 32.2. The molecule has 0 bridgehead atoms. The lowest BCUT2D eigenvalue weighted by molar-refractivity contribution is -0.458. The molecule has 37 heavy (non-hydrogen) atoms. The van der Waals surface area contributed by atoms with Gasteiger partial charge in [-0.15, -0.1) is 4.49 Å². The molecule has 0 radical (unpaired) electrons. The lowest BCUT2D eigenvalue weighted by atomic mass is 9.91. The Morgan fingerprint density at radius 1 is 0.568 bits per heavy atom. The van der Waals surface area contributed by atoms with Crippen molar-refractivity contribution in [1.29, 1.82) is 0 Å². The first kappa shape index (κ1) is 35.9. The van der Waals surface area contributed by atoms with Crippen LogP contribution in [0.5, 0.6) is 0 Å². The first-order chi connectivity index (χ1) is 15.8. The first-order valence-corrected chi connectivity index (χ1v) is 11.5. The molecule has 224 valence electrons. The number of alkyl halides is 17. The molecule has 25 heteroatoms. The Hall–Kier alpha value is -1.13. The van der Waals surface area contributed by atoms with Crippen LogP contribution in [-0.2, 0) is 23.6 Å². The molecule has 0 aliphatic carbocycles. The van der Waals surface area contributed by atoms with Crippen LogP contribution in [-0.4, -0.2) is 68.6 Å². The highest BCUT2D eigenvalue weighted by Crippen LogP contribution is 2.64. The fourth-order valence-corrected chi connectivity index (χ4v) is 5.23. The van der Waals surface area contributed by atoms with Crippen LogP contribution in [0.1, 0.15) is 13.8 Å². The van der Waals surface area contributed by atoms with E-state index in [0.29, 0.717) is 0 Å². The minimum Gasteiger partial charge on any atom is -0.296 e. The zero-order valence-corrected chi connectivity index (χ0v) is 18.9. The fourth-order valence-electron chi connectivity index (χ4n) is 1.95. The standard InChI is InChI=1S/C12H11F17NO5PS/c1-3-34-36(31,35-4-2)30-37(32,33)12(28,29)10(23,24)8(19,20)6(15,16)5(13,14)7(17,18)9(21,22)11(25,26)27/h3-4H2,1-2H3,(H,30,31). The minimum absolute atomic E-state index is 0.0747. The highest BCUT2D eigenvalue weighted by molar-refractivity contribution is 7.95. The number of nitrogens with one attached hydrogen (secondary N) is 1. The Labute approximate surface area is 194 Å². The average Bonchev–Trinajstić information content (AvgIpc) is 2.65. The molecule has 1 N–H and O–H groups in total. The maximum atomic E-state index is 13.9. The summed E-state index contributed by atoms with van der Waals surface area (Å²) in [5.74, 6) is -52.4. The van der Waals surface area contributed by atoms with Crippen LogP contribution in [0.2, 0.25) is 0 Å². The van der Waals surface area contributed by atoms with Crippen molar-refractivity contribution in [2.45, 2.75) is 60.8 Å². The van der Waals surface area contributed by atoms with E-state index in [4.69, 9.17) is 0 Å². The van der Waals surface area contributed by atoms with Crippen molar-refractivity contribution in [3.05, 3.63) is 0 Å².